The van der Waals surface area contributed by atoms with Crippen LogP contribution in [0.3, 0.4) is 0 Å². The van der Waals surface area contributed by atoms with Crippen molar-refractivity contribution in [1.29, 1.82) is 0 Å². The number of aromatic nitrogens is 1. The Morgan fingerprint density at radius 1 is 1.07 bits per heavy atom. The number of carboxylic acid groups (broad SMARTS) is 1. The maximum absolute atomic E-state index is 12.1. The first-order valence-electron chi connectivity index (χ1n) is 10.2. The smallest absolute Gasteiger partial charge is 0.336 e. The lowest BCUT2D eigenvalue weighted by Gasteiger charge is -2.26. The number of aromatic carboxylic acids is 1. The number of pyridine rings is 1. The summed E-state index contributed by atoms with van der Waals surface area (Å²) in [6, 6.07) is 16.2. The fourth-order valence-electron chi connectivity index (χ4n) is 4.26. The molecule has 3 heteroatoms. The van der Waals surface area contributed by atoms with Gasteiger partial charge in [0, 0.05) is 5.39 Å². The topological polar surface area (TPSA) is 50.2 Å². The molecule has 0 spiro atoms. The molecule has 0 amide bonds. The third kappa shape index (κ3) is 3.69. The number of fused-ring (bicyclic) bond motifs is 2. The quantitative estimate of drug-likeness (QED) is 0.559. The van der Waals surface area contributed by atoms with E-state index in [1.165, 1.54) is 5.56 Å². The molecule has 3 nitrogen and oxygen atoms in total. The highest BCUT2D eigenvalue weighted by Gasteiger charge is 2.27. The molecule has 1 aromatic heterocycles. The molecule has 0 saturated carbocycles. The second-order valence-corrected chi connectivity index (χ2v) is 9.19. The Bertz CT molecular complexity index is 1120. The molecule has 0 fully saturated rings. The van der Waals surface area contributed by atoms with Crippen molar-refractivity contribution in [2.24, 2.45) is 5.92 Å². The van der Waals surface area contributed by atoms with Gasteiger partial charge in [0.1, 0.15) is 0 Å². The lowest BCUT2D eigenvalue weighted by Crippen LogP contribution is -2.17. The van der Waals surface area contributed by atoms with Crippen LogP contribution in [0.5, 0.6) is 0 Å². The van der Waals surface area contributed by atoms with E-state index in [0.717, 1.165) is 46.1 Å². The Labute approximate surface area is 172 Å². The van der Waals surface area contributed by atoms with Gasteiger partial charge in [0.05, 0.1) is 16.8 Å². The molecule has 0 aliphatic heterocycles. The Balaban J connectivity index is 1.88. The Morgan fingerprint density at radius 3 is 2.41 bits per heavy atom. The zero-order valence-electron chi connectivity index (χ0n) is 17.5. The molecule has 4 rings (SSSR count). The molecule has 29 heavy (non-hydrogen) atoms. The summed E-state index contributed by atoms with van der Waals surface area (Å²) >= 11 is 0. The van der Waals surface area contributed by atoms with E-state index in [9.17, 15) is 9.90 Å². The minimum absolute atomic E-state index is 0.120. The van der Waals surface area contributed by atoms with Gasteiger partial charge in [0.2, 0.25) is 0 Å². The number of allylic oxidation sites excluding steroid dienone is 1. The Morgan fingerprint density at radius 2 is 1.76 bits per heavy atom. The van der Waals surface area contributed by atoms with Gasteiger partial charge in [-0.1, -0.05) is 70.2 Å². The van der Waals surface area contributed by atoms with Crippen LogP contribution < -0.4 is 0 Å². The number of benzene rings is 2. The summed E-state index contributed by atoms with van der Waals surface area (Å²) in [5, 5.41) is 10.7. The largest absolute Gasteiger partial charge is 0.478 e. The van der Waals surface area contributed by atoms with Crippen LogP contribution in [-0.2, 0) is 11.8 Å². The normalized spacial score (nSPS) is 18.1. The van der Waals surface area contributed by atoms with Crippen molar-refractivity contribution in [3.05, 3.63) is 76.5 Å². The first-order chi connectivity index (χ1) is 13.7. The average molecular weight is 386 g/mol. The predicted molar refractivity (Wildman–Crippen MR) is 119 cm³/mol. The van der Waals surface area contributed by atoms with E-state index in [1.807, 2.05) is 24.3 Å². The first kappa shape index (κ1) is 19.4. The van der Waals surface area contributed by atoms with E-state index >= 15 is 0 Å². The van der Waals surface area contributed by atoms with Crippen LogP contribution in [0, 0.1) is 5.92 Å². The molecule has 1 heterocycles. The minimum atomic E-state index is -0.872. The maximum atomic E-state index is 12.1. The number of carbonyl (C=O) groups is 1. The Hall–Kier alpha value is -2.94. The minimum Gasteiger partial charge on any atom is -0.478 e. The number of carboxylic acids is 1. The number of nitrogens with zero attached hydrogens (tertiary/aromatic N) is 1. The van der Waals surface area contributed by atoms with E-state index in [4.69, 9.17) is 4.98 Å². The monoisotopic (exact) mass is 385 g/mol. The maximum Gasteiger partial charge on any atom is 0.336 e. The second kappa shape index (κ2) is 7.14. The number of para-hydroxylation sites is 1. The van der Waals surface area contributed by atoms with Crippen LogP contribution in [0.15, 0.2) is 48.5 Å². The van der Waals surface area contributed by atoms with Crippen LogP contribution in [0.25, 0.3) is 22.6 Å². The van der Waals surface area contributed by atoms with Gasteiger partial charge in [-0.3, -0.25) is 0 Å². The molecular formula is C26H27NO2. The van der Waals surface area contributed by atoms with Gasteiger partial charge < -0.3 is 5.11 Å². The van der Waals surface area contributed by atoms with Gasteiger partial charge in [-0.25, -0.2) is 9.78 Å². The lowest BCUT2D eigenvalue weighted by molar-refractivity contribution is 0.0697. The van der Waals surface area contributed by atoms with E-state index in [1.54, 1.807) is 0 Å². The number of hydrogen-bond acceptors (Lipinski definition) is 2. The molecule has 1 aliphatic carbocycles. The molecule has 2 aromatic carbocycles. The van der Waals surface area contributed by atoms with E-state index < -0.39 is 5.97 Å². The zero-order valence-corrected chi connectivity index (χ0v) is 17.5. The number of rotatable bonds is 2. The molecule has 0 saturated heterocycles. The summed E-state index contributed by atoms with van der Waals surface area (Å²) < 4.78 is 0. The molecule has 0 unspecified atom stereocenters. The molecule has 0 radical (unpaired) electrons. The average Bonchev–Trinajstić information content (AvgIpc) is 2.66. The highest BCUT2D eigenvalue weighted by atomic mass is 16.4. The summed E-state index contributed by atoms with van der Waals surface area (Å²) in [7, 11) is 0. The van der Waals surface area contributed by atoms with E-state index in [-0.39, 0.29) is 5.41 Å². The zero-order chi connectivity index (χ0) is 20.8. The fraction of sp³-hybridized carbons (Fsp3) is 0.308. The molecule has 1 N–H and O–H groups in total. The van der Waals surface area contributed by atoms with Crippen LogP contribution in [0.4, 0.5) is 0 Å². The van der Waals surface area contributed by atoms with Crippen molar-refractivity contribution in [2.75, 3.05) is 0 Å². The van der Waals surface area contributed by atoms with Crippen LogP contribution in [0.2, 0.25) is 0 Å². The van der Waals surface area contributed by atoms with Crippen molar-refractivity contribution >= 4 is 28.5 Å². The second-order valence-electron chi connectivity index (χ2n) is 9.19. The van der Waals surface area contributed by atoms with Crippen molar-refractivity contribution < 1.29 is 9.90 Å². The van der Waals surface area contributed by atoms with E-state index in [0.29, 0.717) is 11.5 Å². The van der Waals surface area contributed by atoms with Gasteiger partial charge in [-0.15, -0.1) is 0 Å². The van der Waals surface area contributed by atoms with Gasteiger partial charge in [-0.2, -0.15) is 0 Å². The van der Waals surface area contributed by atoms with Gasteiger partial charge >= 0.3 is 5.97 Å². The lowest BCUT2D eigenvalue weighted by atomic mass is 9.80. The van der Waals surface area contributed by atoms with Gasteiger partial charge in [0.25, 0.3) is 0 Å². The molecule has 3 aromatic rings. The number of hydrogen-bond donors (Lipinski definition) is 1. The van der Waals surface area contributed by atoms with Gasteiger partial charge in [0.15, 0.2) is 0 Å². The van der Waals surface area contributed by atoms with Crippen LogP contribution >= 0.6 is 0 Å². The highest BCUT2D eigenvalue weighted by Crippen LogP contribution is 2.38. The molecule has 148 valence electrons. The van der Waals surface area contributed by atoms with Crippen LogP contribution in [0.1, 0.15) is 66.9 Å². The third-order valence-electron chi connectivity index (χ3n) is 5.75. The summed E-state index contributed by atoms with van der Waals surface area (Å²) in [5.74, 6) is -0.494. The Kier molecular flexibility index (Phi) is 4.77. The van der Waals surface area contributed by atoms with Crippen molar-refractivity contribution in [3.63, 3.8) is 0 Å². The first-order valence-corrected chi connectivity index (χ1v) is 10.2. The highest BCUT2D eigenvalue weighted by molar-refractivity contribution is 6.05. The summed E-state index contributed by atoms with van der Waals surface area (Å²) in [5.41, 5.74) is 6.53. The standard InChI is InChI=1S/C26H27NO2/c1-16-13-18(15-17-9-11-19(12-10-17)26(2,3)4)24-21(14-16)23(25(28)29)20-7-5-6-8-22(20)27-24/h5-12,15-16H,13-14H2,1-4H3,(H,28,29)/b18-15+/t16-/m1/s1. The predicted octanol–water partition coefficient (Wildman–Crippen LogP) is 6.35. The fourth-order valence-corrected chi connectivity index (χ4v) is 4.26. The summed E-state index contributed by atoms with van der Waals surface area (Å²) in [6.45, 7) is 8.81. The molecular weight excluding hydrogens is 358 g/mol. The van der Waals surface area contributed by atoms with Crippen molar-refractivity contribution in [1.82, 2.24) is 4.98 Å². The van der Waals surface area contributed by atoms with Crippen molar-refractivity contribution in [2.45, 2.75) is 46.0 Å². The molecule has 0 bridgehead atoms. The van der Waals surface area contributed by atoms with Crippen LogP contribution in [-0.4, -0.2) is 16.1 Å². The summed E-state index contributed by atoms with van der Waals surface area (Å²) in [4.78, 5) is 17.0. The summed E-state index contributed by atoms with van der Waals surface area (Å²) in [6.07, 6.45) is 3.82. The molecule has 1 aliphatic rings. The van der Waals surface area contributed by atoms with Gasteiger partial charge in [-0.05, 0) is 58.6 Å². The van der Waals surface area contributed by atoms with E-state index in [2.05, 4.69) is 58.0 Å². The third-order valence-corrected chi connectivity index (χ3v) is 5.75. The SMILES string of the molecule is C[C@@H]1C/C(=C\c2ccc(C(C)(C)C)cc2)c2nc3ccccc3c(C(=O)O)c2C1. The van der Waals surface area contributed by atoms with Crippen molar-refractivity contribution in [3.8, 4) is 0 Å². The molecule has 1 atom stereocenters.